The number of halogens is 1. The Kier molecular flexibility index (Phi) is 5.74. The summed E-state index contributed by atoms with van der Waals surface area (Å²) in [5.41, 5.74) is 2.48. The minimum absolute atomic E-state index is 0.714. The highest BCUT2D eigenvalue weighted by atomic mass is 35.5. The minimum atomic E-state index is 0.714. The number of hydrogen-bond donors (Lipinski definition) is 1. The number of anilines is 1. The van der Waals surface area contributed by atoms with E-state index >= 15 is 0 Å². The van der Waals surface area contributed by atoms with Crippen molar-refractivity contribution in [1.29, 1.82) is 0 Å². The van der Waals surface area contributed by atoms with Crippen molar-refractivity contribution >= 4 is 17.3 Å². The van der Waals surface area contributed by atoms with E-state index in [0.29, 0.717) is 6.04 Å². The van der Waals surface area contributed by atoms with Crippen molar-refractivity contribution in [3.8, 4) is 0 Å². The second-order valence-electron chi connectivity index (χ2n) is 6.17. The number of rotatable bonds is 8. The predicted octanol–water partition coefficient (Wildman–Crippen LogP) is 4.46. The summed E-state index contributed by atoms with van der Waals surface area (Å²) in [6.07, 6.45) is 3.85. The topological polar surface area (TPSA) is 15.3 Å². The lowest BCUT2D eigenvalue weighted by molar-refractivity contribution is 0.571. The summed E-state index contributed by atoms with van der Waals surface area (Å²) in [6, 6.07) is 7.23. The fraction of sp³-hybridized carbons (Fsp3) is 0.647. The van der Waals surface area contributed by atoms with Crippen LogP contribution < -0.4 is 10.2 Å². The second-order valence-corrected chi connectivity index (χ2v) is 6.58. The van der Waals surface area contributed by atoms with Crippen molar-refractivity contribution in [2.24, 2.45) is 5.92 Å². The summed E-state index contributed by atoms with van der Waals surface area (Å²) >= 11 is 6.52. The lowest BCUT2D eigenvalue weighted by Gasteiger charge is -2.27. The fourth-order valence-corrected chi connectivity index (χ4v) is 2.76. The Balaban J connectivity index is 2.08. The van der Waals surface area contributed by atoms with Crippen LogP contribution in [0.5, 0.6) is 0 Å². The first-order chi connectivity index (χ1) is 9.61. The maximum atomic E-state index is 6.52. The van der Waals surface area contributed by atoms with Gasteiger partial charge in [-0.1, -0.05) is 38.4 Å². The third kappa shape index (κ3) is 4.39. The van der Waals surface area contributed by atoms with Crippen molar-refractivity contribution in [2.45, 2.75) is 52.6 Å². The van der Waals surface area contributed by atoms with E-state index in [0.717, 1.165) is 30.6 Å². The van der Waals surface area contributed by atoms with Crippen molar-refractivity contribution in [3.05, 3.63) is 28.8 Å². The predicted molar refractivity (Wildman–Crippen MR) is 88.7 cm³/mol. The molecule has 0 bridgehead atoms. The van der Waals surface area contributed by atoms with Gasteiger partial charge >= 0.3 is 0 Å². The van der Waals surface area contributed by atoms with Crippen LogP contribution in [0.25, 0.3) is 0 Å². The first-order valence-electron chi connectivity index (χ1n) is 7.87. The van der Waals surface area contributed by atoms with Gasteiger partial charge in [-0.3, -0.25) is 0 Å². The largest absolute Gasteiger partial charge is 0.367 e. The van der Waals surface area contributed by atoms with E-state index in [1.54, 1.807) is 0 Å². The Hall–Kier alpha value is -0.730. The van der Waals surface area contributed by atoms with Crippen LogP contribution in [0.3, 0.4) is 0 Å². The van der Waals surface area contributed by atoms with E-state index in [1.165, 1.54) is 30.5 Å². The van der Waals surface area contributed by atoms with Gasteiger partial charge in [-0.2, -0.15) is 0 Å². The number of nitrogens with one attached hydrogen (secondary N) is 1. The Morgan fingerprint density at radius 2 is 2.10 bits per heavy atom. The molecule has 1 saturated carbocycles. The molecule has 0 atom stereocenters. The third-order valence-corrected chi connectivity index (χ3v) is 4.14. The Labute approximate surface area is 128 Å². The first-order valence-corrected chi connectivity index (χ1v) is 8.25. The molecule has 1 aliphatic carbocycles. The van der Waals surface area contributed by atoms with Crippen LogP contribution in [0.4, 0.5) is 5.69 Å². The second kappa shape index (κ2) is 7.33. The van der Waals surface area contributed by atoms with Crippen LogP contribution in [-0.4, -0.2) is 19.1 Å². The molecule has 0 radical (unpaired) electrons. The van der Waals surface area contributed by atoms with Crippen LogP contribution in [0, 0.1) is 5.92 Å². The molecular formula is C17H27ClN2. The van der Waals surface area contributed by atoms with Gasteiger partial charge in [0.2, 0.25) is 0 Å². The molecule has 0 spiro atoms. The number of benzene rings is 1. The van der Waals surface area contributed by atoms with Crippen LogP contribution in [-0.2, 0) is 6.54 Å². The standard InChI is InChI=1S/C17H27ClN2/c1-4-19-12-14-5-8-17(16(18)11-14)20(15-6-7-15)10-9-13(2)3/h5,8,11,13,15,19H,4,6-7,9-10,12H2,1-3H3. The Bertz CT molecular complexity index is 427. The smallest absolute Gasteiger partial charge is 0.0642 e. The minimum Gasteiger partial charge on any atom is -0.367 e. The molecule has 1 aliphatic rings. The summed E-state index contributed by atoms with van der Waals surface area (Å²) in [7, 11) is 0. The molecule has 0 amide bonds. The molecule has 0 aromatic heterocycles. The van der Waals surface area contributed by atoms with Gasteiger partial charge in [-0.25, -0.2) is 0 Å². The monoisotopic (exact) mass is 294 g/mol. The Morgan fingerprint density at radius 3 is 2.65 bits per heavy atom. The number of hydrogen-bond acceptors (Lipinski definition) is 2. The lowest BCUT2D eigenvalue weighted by atomic mass is 10.1. The highest BCUT2D eigenvalue weighted by Gasteiger charge is 2.30. The van der Waals surface area contributed by atoms with Gasteiger partial charge in [0.15, 0.2) is 0 Å². The molecule has 20 heavy (non-hydrogen) atoms. The highest BCUT2D eigenvalue weighted by molar-refractivity contribution is 6.33. The third-order valence-electron chi connectivity index (χ3n) is 3.84. The molecule has 1 N–H and O–H groups in total. The van der Waals surface area contributed by atoms with E-state index in [9.17, 15) is 0 Å². The SMILES string of the molecule is CCNCc1ccc(N(CCC(C)C)C2CC2)c(Cl)c1. The molecule has 2 nitrogen and oxygen atoms in total. The van der Waals surface area contributed by atoms with E-state index in [1.807, 2.05) is 0 Å². The molecule has 0 unspecified atom stereocenters. The quantitative estimate of drug-likeness (QED) is 0.761. The molecule has 112 valence electrons. The maximum absolute atomic E-state index is 6.52. The van der Waals surface area contributed by atoms with E-state index < -0.39 is 0 Å². The summed E-state index contributed by atoms with van der Waals surface area (Å²) in [5, 5.41) is 4.24. The zero-order valence-corrected chi connectivity index (χ0v) is 13.7. The molecule has 1 aromatic carbocycles. The maximum Gasteiger partial charge on any atom is 0.0642 e. The van der Waals surface area contributed by atoms with E-state index in [-0.39, 0.29) is 0 Å². The van der Waals surface area contributed by atoms with Crippen LogP contribution in [0.15, 0.2) is 18.2 Å². The summed E-state index contributed by atoms with van der Waals surface area (Å²) in [5.74, 6) is 0.739. The van der Waals surface area contributed by atoms with Gasteiger partial charge in [0.25, 0.3) is 0 Å². The molecule has 2 rings (SSSR count). The molecule has 0 aliphatic heterocycles. The average molecular weight is 295 g/mol. The van der Waals surface area contributed by atoms with Gasteiger partial charge in [0.05, 0.1) is 10.7 Å². The van der Waals surface area contributed by atoms with E-state index in [2.05, 4.69) is 49.2 Å². The molecule has 1 aromatic rings. The van der Waals surface area contributed by atoms with Gasteiger partial charge in [-0.05, 0) is 49.4 Å². The molecular weight excluding hydrogens is 268 g/mol. The van der Waals surface area contributed by atoms with Gasteiger partial charge < -0.3 is 10.2 Å². The molecule has 3 heteroatoms. The molecule has 0 saturated heterocycles. The first kappa shape index (κ1) is 15.7. The zero-order valence-electron chi connectivity index (χ0n) is 13.0. The highest BCUT2D eigenvalue weighted by Crippen LogP contribution is 2.36. The summed E-state index contributed by atoms with van der Waals surface area (Å²) in [4.78, 5) is 2.51. The van der Waals surface area contributed by atoms with Gasteiger partial charge in [0.1, 0.15) is 0 Å². The van der Waals surface area contributed by atoms with Crippen molar-refractivity contribution in [3.63, 3.8) is 0 Å². The summed E-state index contributed by atoms with van der Waals surface area (Å²) in [6.45, 7) is 9.69. The average Bonchev–Trinajstić information content (AvgIpc) is 3.22. The fourth-order valence-electron chi connectivity index (χ4n) is 2.45. The zero-order chi connectivity index (χ0) is 14.5. The van der Waals surface area contributed by atoms with Gasteiger partial charge in [-0.15, -0.1) is 0 Å². The normalized spacial score (nSPS) is 14.8. The Morgan fingerprint density at radius 1 is 1.35 bits per heavy atom. The van der Waals surface area contributed by atoms with Crippen molar-refractivity contribution in [1.82, 2.24) is 5.32 Å². The van der Waals surface area contributed by atoms with Crippen molar-refractivity contribution in [2.75, 3.05) is 18.0 Å². The number of nitrogens with zero attached hydrogens (tertiary/aromatic N) is 1. The van der Waals surface area contributed by atoms with Crippen LogP contribution >= 0.6 is 11.6 Å². The van der Waals surface area contributed by atoms with Gasteiger partial charge in [0, 0.05) is 19.1 Å². The summed E-state index contributed by atoms with van der Waals surface area (Å²) < 4.78 is 0. The van der Waals surface area contributed by atoms with Crippen molar-refractivity contribution < 1.29 is 0 Å². The molecule has 1 fully saturated rings. The van der Waals surface area contributed by atoms with E-state index in [4.69, 9.17) is 11.6 Å². The van der Waals surface area contributed by atoms with Crippen LogP contribution in [0.1, 0.15) is 45.6 Å². The lowest BCUT2D eigenvalue weighted by Crippen LogP contribution is -2.28. The molecule has 0 heterocycles. The van der Waals surface area contributed by atoms with Crippen LogP contribution in [0.2, 0.25) is 5.02 Å².